The third-order valence-electron chi connectivity index (χ3n) is 4.34. The van der Waals surface area contributed by atoms with Gasteiger partial charge in [-0.2, -0.15) is 0 Å². The van der Waals surface area contributed by atoms with Gasteiger partial charge in [-0.05, 0) is 25.0 Å². The summed E-state index contributed by atoms with van der Waals surface area (Å²) in [6.45, 7) is 4.37. The van der Waals surface area contributed by atoms with Crippen molar-refractivity contribution in [2.45, 2.75) is 90.5 Å². The summed E-state index contributed by atoms with van der Waals surface area (Å²) in [5.74, 6) is 0.204. The summed E-state index contributed by atoms with van der Waals surface area (Å²) in [5.41, 5.74) is 0. The van der Waals surface area contributed by atoms with Crippen LogP contribution in [0.1, 0.15) is 84.0 Å². The van der Waals surface area contributed by atoms with Gasteiger partial charge in [0.05, 0.1) is 0 Å². The first-order valence-electron chi connectivity index (χ1n) is 9.70. The number of hydrogen-bond donors (Lipinski definition) is 1. The largest absolute Gasteiger partial charge is 0.356 e. The molecule has 0 bridgehead atoms. The van der Waals surface area contributed by atoms with E-state index in [0.29, 0.717) is 0 Å². The van der Waals surface area contributed by atoms with Gasteiger partial charge < -0.3 is 9.88 Å². The van der Waals surface area contributed by atoms with E-state index >= 15 is 0 Å². The Morgan fingerprint density at radius 2 is 1.48 bits per heavy atom. The van der Waals surface area contributed by atoms with Crippen LogP contribution < -0.4 is 5.32 Å². The lowest BCUT2D eigenvalue weighted by Gasteiger charge is -2.03. The summed E-state index contributed by atoms with van der Waals surface area (Å²) in [7, 11) is 0. The molecule has 1 N–H and O–H groups in total. The third kappa shape index (κ3) is 11.9. The molecule has 1 aromatic rings. The van der Waals surface area contributed by atoms with Crippen LogP contribution in [0.2, 0.25) is 0 Å². The molecule has 23 heavy (non-hydrogen) atoms. The molecule has 1 aromatic heterocycles. The number of unbranched alkanes of at least 4 members (excludes halogenated alkanes) is 9. The smallest absolute Gasteiger partial charge is 0.220 e. The summed E-state index contributed by atoms with van der Waals surface area (Å²) < 4.78 is 2.28. The lowest BCUT2D eigenvalue weighted by Crippen LogP contribution is -2.12. The molecular formula is C20H36N2O. The predicted octanol–water partition coefficient (Wildman–Crippen LogP) is 5.31. The maximum absolute atomic E-state index is 10.1. The van der Waals surface area contributed by atoms with Gasteiger partial charge in [-0.25, -0.2) is 0 Å². The van der Waals surface area contributed by atoms with Crippen LogP contribution in [-0.2, 0) is 11.3 Å². The van der Waals surface area contributed by atoms with Crippen molar-refractivity contribution in [3.05, 3.63) is 24.5 Å². The van der Waals surface area contributed by atoms with Gasteiger partial charge in [-0.3, -0.25) is 4.79 Å². The van der Waals surface area contributed by atoms with Crippen LogP contribution in [0.5, 0.6) is 0 Å². The highest BCUT2D eigenvalue weighted by atomic mass is 16.1. The SMILES string of the molecule is CCCCCCCCCCCCn1cccc1.O=C1CCCN1. The van der Waals surface area contributed by atoms with E-state index in [1.807, 2.05) is 0 Å². The third-order valence-corrected chi connectivity index (χ3v) is 4.34. The molecule has 0 unspecified atom stereocenters. The van der Waals surface area contributed by atoms with Crippen molar-refractivity contribution >= 4 is 5.91 Å². The van der Waals surface area contributed by atoms with Crippen molar-refractivity contribution < 1.29 is 4.79 Å². The highest BCUT2D eigenvalue weighted by Crippen LogP contribution is 2.10. The zero-order valence-corrected chi connectivity index (χ0v) is 15.1. The molecule has 1 amide bonds. The second-order valence-electron chi connectivity index (χ2n) is 6.56. The van der Waals surface area contributed by atoms with E-state index in [1.165, 1.54) is 70.8 Å². The van der Waals surface area contributed by atoms with Crippen molar-refractivity contribution in [1.82, 2.24) is 9.88 Å². The summed E-state index contributed by atoms with van der Waals surface area (Å²) in [6, 6.07) is 4.21. The van der Waals surface area contributed by atoms with Crippen molar-refractivity contribution in [2.24, 2.45) is 0 Å². The Labute approximate surface area is 142 Å². The molecule has 0 saturated carbocycles. The first-order chi connectivity index (χ1) is 11.3. The molecule has 0 spiro atoms. The summed E-state index contributed by atoms with van der Waals surface area (Å²) in [4.78, 5) is 10.1. The number of carbonyl (C=O) groups excluding carboxylic acids is 1. The fourth-order valence-electron chi connectivity index (χ4n) is 2.87. The monoisotopic (exact) mass is 320 g/mol. The van der Waals surface area contributed by atoms with Crippen LogP contribution in [-0.4, -0.2) is 17.0 Å². The average Bonchev–Trinajstić information content (AvgIpc) is 3.23. The molecule has 0 atom stereocenters. The van der Waals surface area contributed by atoms with E-state index in [2.05, 4.69) is 41.3 Å². The lowest BCUT2D eigenvalue weighted by molar-refractivity contribution is -0.119. The standard InChI is InChI=1S/C16H29N.C4H7NO/c1-2-3-4-5-6-7-8-9-10-11-14-17-15-12-13-16-17;6-4-2-1-3-5-4/h12-13,15-16H,2-11,14H2,1H3;1-3H2,(H,5,6). The van der Waals surface area contributed by atoms with Gasteiger partial charge in [0, 0.05) is 31.9 Å². The van der Waals surface area contributed by atoms with Gasteiger partial charge in [0.1, 0.15) is 0 Å². The van der Waals surface area contributed by atoms with Crippen LogP contribution in [0.4, 0.5) is 0 Å². The first-order valence-corrected chi connectivity index (χ1v) is 9.70. The highest BCUT2D eigenvalue weighted by Gasteiger charge is 2.05. The predicted molar refractivity (Wildman–Crippen MR) is 98.5 cm³/mol. The minimum Gasteiger partial charge on any atom is -0.356 e. The second-order valence-corrected chi connectivity index (χ2v) is 6.56. The zero-order valence-electron chi connectivity index (χ0n) is 15.1. The Morgan fingerprint density at radius 3 is 1.91 bits per heavy atom. The lowest BCUT2D eigenvalue weighted by atomic mass is 10.1. The van der Waals surface area contributed by atoms with Gasteiger partial charge in [0.25, 0.3) is 0 Å². The average molecular weight is 321 g/mol. The van der Waals surface area contributed by atoms with E-state index in [0.717, 1.165) is 19.4 Å². The Morgan fingerprint density at radius 1 is 0.913 bits per heavy atom. The van der Waals surface area contributed by atoms with Crippen LogP contribution >= 0.6 is 0 Å². The number of rotatable bonds is 11. The minimum atomic E-state index is 0.204. The highest BCUT2D eigenvalue weighted by molar-refractivity contribution is 5.77. The first kappa shape index (κ1) is 19.8. The molecule has 2 rings (SSSR count). The molecule has 1 saturated heterocycles. The molecule has 3 heteroatoms. The minimum absolute atomic E-state index is 0.204. The Balaban J connectivity index is 0.000000366. The number of amides is 1. The second kappa shape index (κ2) is 14.3. The van der Waals surface area contributed by atoms with E-state index in [4.69, 9.17) is 0 Å². The van der Waals surface area contributed by atoms with E-state index in [9.17, 15) is 4.79 Å². The number of aromatic nitrogens is 1. The van der Waals surface area contributed by atoms with Crippen molar-refractivity contribution in [2.75, 3.05) is 6.54 Å². The maximum Gasteiger partial charge on any atom is 0.220 e. The van der Waals surface area contributed by atoms with Crippen LogP contribution in [0.15, 0.2) is 24.5 Å². The molecule has 132 valence electrons. The number of hydrogen-bond acceptors (Lipinski definition) is 1. The zero-order chi connectivity index (χ0) is 16.6. The molecule has 1 fully saturated rings. The molecule has 3 nitrogen and oxygen atoms in total. The van der Waals surface area contributed by atoms with Gasteiger partial charge >= 0.3 is 0 Å². The summed E-state index contributed by atoms with van der Waals surface area (Å²) in [6.07, 6.45) is 20.3. The molecule has 0 radical (unpaired) electrons. The normalized spacial score (nSPS) is 13.5. The van der Waals surface area contributed by atoms with Gasteiger partial charge in [0.15, 0.2) is 0 Å². The van der Waals surface area contributed by atoms with E-state index in [1.54, 1.807) is 0 Å². The van der Waals surface area contributed by atoms with Crippen molar-refractivity contribution in [3.63, 3.8) is 0 Å². The molecule has 0 aromatic carbocycles. The van der Waals surface area contributed by atoms with E-state index in [-0.39, 0.29) is 5.91 Å². The van der Waals surface area contributed by atoms with Gasteiger partial charge in [0.2, 0.25) is 5.91 Å². The van der Waals surface area contributed by atoms with E-state index < -0.39 is 0 Å². The van der Waals surface area contributed by atoms with Crippen molar-refractivity contribution in [3.8, 4) is 0 Å². The van der Waals surface area contributed by atoms with Gasteiger partial charge in [-0.15, -0.1) is 0 Å². The number of nitrogens with zero attached hydrogens (tertiary/aromatic N) is 1. The quantitative estimate of drug-likeness (QED) is 0.551. The van der Waals surface area contributed by atoms with Crippen LogP contribution in [0.3, 0.4) is 0 Å². The van der Waals surface area contributed by atoms with Crippen LogP contribution in [0, 0.1) is 0 Å². The number of aryl methyl sites for hydroxylation is 1. The molecule has 2 heterocycles. The van der Waals surface area contributed by atoms with Crippen LogP contribution in [0.25, 0.3) is 0 Å². The fraction of sp³-hybridized carbons (Fsp3) is 0.750. The molecular weight excluding hydrogens is 284 g/mol. The van der Waals surface area contributed by atoms with Crippen molar-refractivity contribution in [1.29, 1.82) is 0 Å². The van der Waals surface area contributed by atoms with Gasteiger partial charge in [-0.1, -0.05) is 64.7 Å². The summed E-state index contributed by atoms with van der Waals surface area (Å²) >= 11 is 0. The molecule has 1 aliphatic rings. The Bertz CT molecular complexity index is 365. The Hall–Kier alpha value is -1.25. The number of carbonyl (C=O) groups is 1. The fourth-order valence-corrected chi connectivity index (χ4v) is 2.87. The summed E-state index contributed by atoms with van der Waals surface area (Å²) in [5, 5.41) is 2.68. The molecule has 0 aliphatic carbocycles. The topological polar surface area (TPSA) is 34.0 Å². The Kier molecular flexibility index (Phi) is 12.4. The number of nitrogens with one attached hydrogen (secondary N) is 1. The molecule has 1 aliphatic heterocycles. The maximum atomic E-state index is 10.1.